The highest BCUT2D eigenvalue weighted by Crippen LogP contribution is 2.24. The van der Waals surface area contributed by atoms with Crippen molar-refractivity contribution in [2.24, 2.45) is 0 Å². The Morgan fingerprint density at radius 1 is 1.26 bits per heavy atom. The molecule has 128 valence electrons. The van der Waals surface area contributed by atoms with Crippen LogP contribution in [-0.4, -0.2) is 56.7 Å². The molecule has 0 aromatic heterocycles. The van der Waals surface area contributed by atoms with Crippen LogP contribution in [0, 0.1) is 0 Å². The molecule has 1 atom stereocenters. The van der Waals surface area contributed by atoms with Gasteiger partial charge in [-0.3, -0.25) is 4.79 Å². The molecule has 0 bridgehead atoms. The van der Waals surface area contributed by atoms with Crippen molar-refractivity contribution in [3.8, 4) is 0 Å². The van der Waals surface area contributed by atoms with Crippen molar-refractivity contribution in [1.29, 1.82) is 0 Å². The monoisotopic (exact) mass is 342 g/mol. The molecule has 1 unspecified atom stereocenters. The molecule has 0 saturated heterocycles. The van der Waals surface area contributed by atoms with Gasteiger partial charge in [-0.2, -0.15) is 0 Å². The number of hydrogen-bond acceptors (Lipinski definition) is 5. The summed E-state index contributed by atoms with van der Waals surface area (Å²) in [6.07, 6.45) is 0.493. The van der Waals surface area contributed by atoms with Gasteiger partial charge in [0.15, 0.2) is 0 Å². The third kappa shape index (κ3) is 4.92. The minimum absolute atomic E-state index is 0. The lowest BCUT2D eigenvalue weighted by atomic mass is 9.94. The first-order chi connectivity index (χ1) is 10.7. The van der Waals surface area contributed by atoms with Crippen LogP contribution in [0.2, 0.25) is 0 Å². The van der Waals surface area contributed by atoms with Gasteiger partial charge in [-0.1, -0.05) is 24.3 Å². The molecular weight excluding hydrogens is 320 g/mol. The molecule has 1 aromatic rings. The Kier molecular flexibility index (Phi) is 8.02. The summed E-state index contributed by atoms with van der Waals surface area (Å²) < 4.78 is 9.79. The van der Waals surface area contributed by atoms with Crippen LogP contribution >= 0.6 is 12.4 Å². The van der Waals surface area contributed by atoms with Crippen LogP contribution < -0.4 is 5.32 Å². The smallest absolute Gasteiger partial charge is 0.328 e. The van der Waals surface area contributed by atoms with Crippen molar-refractivity contribution in [2.45, 2.75) is 19.0 Å². The van der Waals surface area contributed by atoms with Crippen LogP contribution in [-0.2, 0) is 32.0 Å². The van der Waals surface area contributed by atoms with Crippen molar-refractivity contribution >= 4 is 24.3 Å². The van der Waals surface area contributed by atoms with Crippen molar-refractivity contribution in [2.75, 3.05) is 33.9 Å². The van der Waals surface area contributed by atoms with Gasteiger partial charge in [0.05, 0.1) is 20.3 Å². The number of benzene rings is 1. The molecule has 0 radical (unpaired) electrons. The standard InChI is InChI=1S/C16H22N2O4.ClH/c1-21-8-7-17-10-15(19)18-11-13-6-4-3-5-12(13)9-14(18)16(20)22-2;/h3-6,14,17H,7-11H2,1-2H3;1H. The summed E-state index contributed by atoms with van der Waals surface area (Å²) in [4.78, 5) is 26.0. The van der Waals surface area contributed by atoms with Crippen molar-refractivity contribution in [3.63, 3.8) is 0 Å². The summed E-state index contributed by atoms with van der Waals surface area (Å²) in [5.41, 5.74) is 2.17. The molecule has 0 aliphatic carbocycles. The second-order valence-electron chi connectivity index (χ2n) is 5.20. The lowest BCUT2D eigenvalue weighted by molar-refractivity contribution is -0.153. The number of carbonyl (C=O) groups excluding carboxylic acids is 2. The Morgan fingerprint density at radius 3 is 2.61 bits per heavy atom. The van der Waals surface area contributed by atoms with Crippen LogP contribution in [0.25, 0.3) is 0 Å². The SMILES string of the molecule is COCCNCC(=O)N1Cc2ccccc2CC1C(=O)OC.Cl. The molecule has 1 aliphatic heterocycles. The molecule has 1 aliphatic rings. The normalized spacial score (nSPS) is 16.3. The van der Waals surface area contributed by atoms with Gasteiger partial charge in [0.1, 0.15) is 6.04 Å². The first-order valence-corrected chi connectivity index (χ1v) is 7.31. The highest BCUT2D eigenvalue weighted by molar-refractivity contribution is 5.86. The highest BCUT2D eigenvalue weighted by Gasteiger charge is 2.34. The maximum Gasteiger partial charge on any atom is 0.328 e. The first kappa shape index (κ1) is 19.4. The van der Waals surface area contributed by atoms with E-state index in [1.807, 2.05) is 24.3 Å². The number of rotatable bonds is 6. The zero-order valence-corrected chi connectivity index (χ0v) is 14.2. The summed E-state index contributed by atoms with van der Waals surface area (Å²) in [5.74, 6) is -0.485. The van der Waals surface area contributed by atoms with Crippen molar-refractivity contribution < 1.29 is 19.1 Å². The van der Waals surface area contributed by atoms with Crippen LogP contribution in [0.3, 0.4) is 0 Å². The second-order valence-corrected chi connectivity index (χ2v) is 5.20. The van der Waals surface area contributed by atoms with E-state index < -0.39 is 6.04 Å². The van der Waals surface area contributed by atoms with Crippen LogP contribution in [0.1, 0.15) is 11.1 Å². The number of hydrogen-bond donors (Lipinski definition) is 1. The number of carbonyl (C=O) groups is 2. The van der Waals surface area contributed by atoms with Gasteiger partial charge in [0.2, 0.25) is 5.91 Å². The Morgan fingerprint density at radius 2 is 1.96 bits per heavy atom. The van der Waals surface area contributed by atoms with Gasteiger partial charge >= 0.3 is 5.97 Å². The quantitative estimate of drug-likeness (QED) is 0.611. The number of esters is 1. The molecule has 0 saturated carbocycles. The van der Waals surface area contributed by atoms with E-state index in [0.29, 0.717) is 26.1 Å². The number of nitrogens with one attached hydrogen (secondary N) is 1. The average molecular weight is 343 g/mol. The highest BCUT2D eigenvalue weighted by atomic mass is 35.5. The van der Waals surface area contributed by atoms with Crippen molar-refractivity contribution in [3.05, 3.63) is 35.4 Å². The third-order valence-electron chi connectivity index (χ3n) is 3.80. The lowest BCUT2D eigenvalue weighted by Gasteiger charge is -2.35. The number of nitrogens with zero attached hydrogens (tertiary/aromatic N) is 1. The van der Waals surface area contributed by atoms with E-state index in [4.69, 9.17) is 9.47 Å². The predicted molar refractivity (Wildman–Crippen MR) is 88.5 cm³/mol. The van der Waals surface area contributed by atoms with Crippen molar-refractivity contribution in [1.82, 2.24) is 10.2 Å². The maximum absolute atomic E-state index is 12.4. The van der Waals surface area contributed by atoms with Crippen LogP contribution in [0.4, 0.5) is 0 Å². The molecule has 6 nitrogen and oxygen atoms in total. The number of methoxy groups -OCH3 is 2. The van der Waals surface area contributed by atoms with E-state index in [2.05, 4.69) is 5.32 Å². The molecule has 23 heavy (non-hydrogen) atoms. The average Bonchev–Trinajstić information content (AvgIpc) is 2.56. The fraction of sp³-hybridized carbons (Fsp3) is 0.500. The Hall–Kier alpha value is -1.63. The largest absolute Gasteiger partial charge is 0.467 e. The first-order valence-electron chi connectivity index (χ1n) is 7.31. The summed E-state index contributed by atoms with van der Waals surface area (Å²) >= 11 is 0. The summed E-state index contributed by atoms with van der Waals surface area (Å²) in [6, 6.07) is 7.30. The van der Waals surface area contributed by atoms with E-state index in [0.717, 1.165) is 11.1 Å². The summed E-state index contributed by atoms with van der Waals surface area (Å²) in [6.45, 7) is 1.74. The lowest BCUT2D eigenvalue weighted by Crippen LogP contribution is -2.51. The van der Waals surface area contributed by atoms with Gasteiger partial charge < -0.3 is 19.7 Å². The molecule has 1 aromatic carbocycles. The number of halogens is 1. The Bertz CT molecular complexity index is 539. The number of amides is 1. The van der Waals surface area contributed by atoms with Gasteiger partial charge in [0.25, 0.3) is 0 Å². The van der Waals surface area contributed by atoms with Gasteiger partial charge in [-0.25, -0.2) is 4.79 Å². The summed E-state index contributed by atoms with van der Waals surface area (Å²) in [7, 11) is 2.96. The molecule has 0 fully saturated rings. The summed E-state index contributed by atoms with van der Waals surface area (Å²) in [5, 5.41) is 3.02. The fourth-order valence-electron chi connectivity index (χ4n) is 2.60. The number of fused-ring (bicyclic) bond motifs is 1. The number of ether oxygens (including phenoxy) is 2. The minimum atomic E-state index is -0.559. The van der Waals surface area contributed by atoms with Crippen LogP contribution in [0.5, 0.6) is 0 Å². The fourth-order valence-corrected chi connectivity index (χ4v) is 2.60. The zero-order valence-electron chi connectivity index (χ0n) is 13.4. The zero-order chi connectivity index (χ0) is 15.9. The van der Waals surface area contributed by atoms with E-state index in [-0.39, 0.29) is 30.8 Å². The van der Waals surface area contributed by atoms with E-state index in [9.17, 15) is 9.59 Å². The van der Waals surface area contributed by atoms with E-state index >= 15 is 0 Å². The molecule has 1 amide bonds. The van der Waals surface area contributed by atoms with Crippen LogP contribution in [0.15, 0.2) is 24.3 Å². The van der Waals surface area contributed by atoms with Gasteiger partial charge in [-0.15, -0.1) is 12.4 Å². The Labute approximate surface area is 142 Å². The van der Waals surface area contributed by atoms with E-state index in [1.54, 1.807) is 12.0 Å². The van der Waals surface area contributed by atoms with Gasteiger partial charge in [-0.05, 0) is 11.1 Å². The molecule has 2 rings (SSSR count). The second kappa shape index (κ2) is 9.50. The van der Waals surface area contributed by atoms with E-state index in [1.165, 1.54) is 7.11 Å². The molecular formula is C16H23ClN2O4. The van der Waals surface area contributed by atoms with Gasteiger partial charge in [0, 0.05) is 26.6 Å². The topological polar surface area (TPSA) is 67.9 Å². The molecule has 1 heterocycles. The predicted octanol–water partition coefficient (Wildman–Crippen LogP) is 0.771. The minimum Gasteiger partial charge on any atom is -0.467 e. The maximum atomic E-state index is 12.4. The molecule has 0 spiro atoms. The third-order valence-corrected chi connectivity index (χ3v) is 3.80. The molecule has 1 N–H and O–H groups in total. The molecule has 7 heteroatoms. The Balaban J connectivity index is 0.00000264.